The Kier molecular flexibility index (Phi) is 6.13. The molecule has 0 aliphatic rings. The van der Waals surface area contributed by atoms with Crippen molar-refractivity contribution in [2.45, 2.75) is 32.2 Å². The minimum Gasteiger partial charge on any atom is -0.480 e. The fourth-order valence-electron chi connectivity index (χ4n) is 2.14. The Bertz CT molecular complexity index is 772. The average molecular weight is 372 g/mol. The van der Waals surface area contributed by atoms with Crippen LogP contribution in [-0.2, 0) is 17.6 Å². The molecule has 9 heteroatoms. The zero-order chi connectivity index (χ0) is 18.6. The molecular formula is C16H15F3N2O3S. The number of benzene rings is 1. The van der Waals surface area contributed by atoms with Gasteiger partial charge in [-0.2, -0.15) is 0 Å². The quantitative estimate of drug-likeness (QED) is 0.733. The Hall–Kier alpha value is -2.42. The Morgan fingerprint density at radius 1 is 1.28 bits per heavy atom. The van der Waals surface area contributed by atoms with E-state index in [9.17, 15) is 27.9 Å². The molecule has 1 aromatic heterocycles. The molecule has 25 heavy (non-hydrogen) atoms. The first kappa shape index (κ1) is 18.9. The number of aromatic nitrogens is 1. The molecule has 2 rings (SSSR count). The fourth-order valence-corrected chi connectivity index (χ4v) is 3.02. The van der Waals surface area contributed by atoms with E-state index in [-0.39, 0.29) is 11.3 Å². The van der Waals surface area contributed by atoms with Crippen LogP contribution in [0, 0.1) is 17.5 Å². The van der Waals surface area contributed by atoms with Crippen molar-refractivity contribution in [3.8, 4) is 0 Å². The third kappa shape index (κ3) is 4.79. The molecule has 2 aromatic rings. The van der Waals surface area contributed by atoms with E-state index in [1.807, 2.05) is 6.92 Å². The van der Waals surface area contributed by atoms with Crippen LogP contribution in [0.2, 0.25) is 0 Å². The zero-order valence-electron chi connectivity index (χ0n) is 13.2. The highest BCUT2D eigenvalue weighted by atomic mass is 32.1. The van der Waals surface area contributed by atoms with Crippen molar-refractivity contribution in [1.29, 1.82) is 0 Å². The smallest absolute Gasteiger partial charge is 0.326 e. The number of thiazole rings is 1. The topological polar surface area (TPSA) is 79.3 Å². The molecule has 1 amide bonds. The maximum atomic E-state index is 13.2. The van der Waals surface area contributed by atoms with Gasteiger partial charge >= 0.3 is 5.97 Å². The molecule has 0 saturated carbocycles. The lowest BCUT2D eigenvalue weighted by Gasteiger charge is -2.14. The van der Waals surface area contributed by atoms with Crippen LogP contribution in [-0.4, -0.2) is 28.0 Å². The van der Waals surface area contributed by atoms with Crippen LogP contribution in [0.1, 0.15) is 34.4 Å². The van der Waals surface area contributed by atoms with Gasteiger partial charge in [0.15, 0.2) is 17.5 Å². The van der Waals surface area contributed by atoms with Crippen molar-refractivity contribution in [3.63, 3.8) is 0 Å². The van der Waals surface area contributed by atoms with E-state index < -0.39 is 41.8 Å². The van der Waals surface area contributed by atoms with Crippen molar-refractivity contribution >= 4 is 23.2 Å². The number of carbonyl (C=O) groups is 2. The molecule has 1 atom stereocenters. The van der Waals surface area contributed by atoms with E-state index in [1.165, 1.54) is 16.7 Å². The van der Waals surface area contributed by atoms with Crippen molar-refractivity contribution in [1.82, 2.24) is 10.3 Å². The summed E-state index contributed by atoms with van der Waals surface area (Å²) in [5.74, 6) is -6.56. The number of rotatable bonds is 7. The SMILES string of the molecule is CCCc1nc(C(=O)N[C@H](Cc2cc(F)c(F)c(F)c2)C(=O)O)cs1. The van der Waals surface area contributed by atoms with Crippen LogP contribution in [0.5, 0.6) is 0 Å². The van der Waals surface area contributed by atoms with E-state index in [1.54, 1.807) is 0 Å². The van der Waals surface area contributed by atoms with Crippen LogP contribution < -0.4 is 5.32 Å². The lowest BCUT2D eigenvalue weighted by Crippen LogP contribution is -2.42. The van der Waals surface area contributed by atoms with E-state index in [0.29, 0.717) is 18.6 Å². The van der Waals surface area contributed by atoms with Gasteiger partial charge in [-0.05, 0) is 30.5 Å². The van der Waals surface area contributed by atoms with Gasteiger partial charge in [-0.3, -0.25) is 4.79 Å². The van der Waals surface area contributed by atoms with Gasteiger partial charge in [-0.15, -0.1) is 11.3 Å². The monoisotopic (exact) mass is 372 g/mol. The molecule has 2 N–H and O–H groups in total. The number of nitrogens with zero attached hydrogens (tertiary/aromatic N) is 1. The number of carboxylic acid groups (broad SMARTS) is 1. The highest BCUT2D eigenvalue weighted by molar-refractivity contribution is 7.09. The maximum absolute atomic E-state index is 13.2. The maximum Gasteiger partial charge on any atom is 0.326 e. The van der Waals surface area contributed by atoms with Gasteiger partial charge < -0.3 is 10.4 Å². The average Bonchev–Trinajstić information content (AvgIpc) is 3.01. The molecule has 0 aliphatic carbocycles. The van der Waals surface area contributed by atoms with E-state index in [2.05, 4.69) is 10.3 Å². The molecular weight excluding hydrogens is 357 g/mol. The summed E-state index contributed by atoms with van der Waals surface area (Å²) in [5, 5.41) is 13.7. The lowest BCUT2D eigenvalue weighted by atomic mass is 10.1. The highest BCUT2D eigenvalue weighted by Crippen LogP contribution is 2.16. The first-order valence-corrected chi connectivity index (χ1v) is 8.31. The van der Waals surface area contributed by atoms with Gasteiger partial charge in [0.25, 0.3) is 5.91 Å². The number of amides is 1. The number of carboxylic acids is 1. The number of carbonyl (C=O) groups excluding carboxylic acids is 1. The summed E-state index contributed by atoms with van der Waals surface area (Å²) in [7, 11) is 0. The summed E-state index contributed by atoms with van der Waals surface area (Å²) in [6.07, 6.45) is 1.16. The van der Waals surface area contributed by atoms with Crippen LogP contribution in [0.15, 0.2) is 17.5 Å². The number of hydrogen-bond acceptors (Lipinski definition) is 4. The van der Waals surface area contributed by atoms with Gasteiger partial charge in [0.05, 0.1) is 5.01 Å². The minimum absolute atomic E-state index is 0.0798. The summed E-state index contributed by atoms with van der Waals surface area (Å²) in [6, 6.07) is -0.0427. The van der Waals surface area contributed by atoms with Crippen LogP contribution >= 0.6 is 11.3 Å². The molecule has 5 nitrogen and oxygen atoms in total. The minimum atomic E-state index is -1.63. The summed E-state index contributed by atoms with van der Waals surface area (Å²) in [5.41, 5.74) is -0.00906. The second-order valence-electron chi connectivity index (χ2n) is 5.32. The molecule has 0 fully saturated rings. The molecule has 0 bridgehead atoms. The van der Waals surface area contributed by atoms with Crippen LogP contribution in [0.25, 0.3) is 0 Å². The van der Waals surface area contributed by atoms with Gasteiger partial charge in [-0.25, -0.2) is 22.9 Å². The third-order valence-electron chi connectivity index (χ3n) is 3.34. The molecule has 0 saturated heterocycles. The van der Waals surface area contributed by atoms with Crippen molar-refractivity contribution in [3.05, 3.63) is 51.2 Å². The van der Waals surface area contributed by atoms with Gasteiger partial charge in [0.1, 0.15) is 11.7 Å². The van der Waals surface area contributed by atoms with Crippen LogP contribution in [0.4, 0.5) is 13.2 Å². The molecule has 0 aliphatic heterocycles. The third-order valence-corrected chi connectivity index (χ3v) is 4.24. The van der Waals surface area contributed by atoms with E-state index in [0.717, 1.165) is 11.4 Å². The van der Waals surface area contributed by atoms with Crippen molar-refractivity contribution in [2.75, 3.05) is 0 Å². The number of aryl methyl sites for hydroxylation is 1. The largest absolute Gasteiger partial charge is 0.480 e. The number of nitrogens with one attached hydrogen (secondary N) is 1. The Labute approximate surface area is 145 Å². The molecule has 1 heterocycles. The van der Waals surface area contributed by atoms with Crippen molar-refractivity contribution < 1.29 is 27.9 Å². The lowest BCUT2D eigenvalue weighted by molar-refractivity contribution is -0.139. The molecule has 0 spiro atoms. The van der Waals surface area contributed by atoms with Gasteiger partial charge in [0, 0.05) is 11.8 Å². The molecule has 1 aromatic carbocycles. The number of aliphatic carboxylic acids is 1. The standard InChI is InChI=1S/C16H15F3N2O3S/c1-2-3-13-20-12(7-25-13)15(22)21-11(16(23)24)6-8-4-9(17)14(19)10(18)5-8/h4-5,7,11H,2-3,6H2,1H3,(H,21,22)(H,23,24)/t11-/m1/s1. The number of halogens is 3. The Morgan fingerprint density at radius 2 is 1.92 bits per heavy atom. The summed E-state index contributed by atoms with van der Waals surface area (Å²) >= 11 is 1.29. The second kappa shape index (κ2) is 8.11. The Balaban J connectivity index is 2.12. The van der Waals surface area contributed by atoms with Gasteiger partial charge in [-0.1, -0.05) is 6.92 Å². The predicted molar refractivity (Wildman–Crippen MR) is 85.0 cm³/mol. The fraction of sp³-hybridized carbons (Fsp3) is 0.312. The van der Waals surface area contributed by atoms with Crippen molar-refractivity contribution in [2.24, 2.45) is 0 Å². The van der Waals surface area contributed by atoms with E-state index in [4.69, 9.17) is 0 Å². The number of hydrogen-bond donors (Lipinski definition) is 2. The molecule has 134 valence electrons. The Morgan fingerprint density at radius 3 is 2.48 bits per heavy atom. The van der Waals surface area contributed by atoms with Gasteiger partial charge in [0.2, 0.25) is 0 Å². The second-order valence-corrected chi connectivity index (χ2v) is 6.26. The summed E-state index contributed by atoms with van der Waals surface area (Å²) in [4.78, 5) is 27.5. The first-order valence-electron chi connectivity index (χ1n) is 7.43. The first-order chi connectivity index (χ1) is 11.8. The molecule has 0 radical (unpaired) electrons. The molecule has 0 unspecified atom stereocenters. The zero-order valence-corrected chi connectivity index (χ0v) is 14.0. The summed E-state index contributed by atoms with van der Waals surface area (Å²) < 4.78 is 39.4. The normalized spacial score (nSPS) is 12.0. The predicted octanol–water partition coefficient (Wildman–Crippen LogP) is 2.94. The van der Waals surface area contributed by atoms with E-state index >= 15 is 0 Å². The highest BCUT2D eigenvalue weighted by Gasteiger charge is 2.23. The van der Waals surface area contributed by atoms with Crippen LogP contribution in [0.3, 0.4) is 0 Å². The summed E-state index contributed by atoms with van der Waals surface area (Å²) in [6.45, 7) is 1.96.